The summed E-state index contributed by atoms with van der Waals surface area (Å²) in [5.74, 6) is 0.547. The van der Waals surface area contributed by atoms with Crippen LogP contribution in [0.1, 0.15) is 148 Å². The zero-order valence-corrected chi connectivity index (χ0v) is 36.0. The molecule has 1 aliphatic rings. The summed E-state index contributed by atoms with van der Waals surface area (Å²) in [4.78, 5) is 16.5. The molecule has 1 radical (unpaired) electrons. The van der Waals surface area contributed by atoms with Gasteiger partial charge in [-0.05, 0) is 89.8 Å². The van der Waals surface area contributed by atoms with Gasteiger partial charge in [-0.2, -0.15) is 0 Å². The molecule has 2 heterocycles. The molecular formula is C47H60IrNO2S-. The molecule has 52 heavy (non-hydrogen) atoms. The molecule has 0 bridgehead atoms. The van der Waals surface area contributed by atoms with Gasteiger partial charge in [0.1, 0.15) is 0 Å². The SMILES string of the molecule is CCC(CC)C(=O)/C=C(\O)C(CC)CC.[2H]c1c([2H])c([2H])c2c(C(C)(C)C)c([2H])c(-c3nccc4c3sc3c5c(cc(C([2H])([2H])[2H])c34)C(C)(C)CCC5(C)C)[c-]c2c1[2H].[Ir]. The van der Waals surface area contributed by atoms with Gasteiger partial charge >= 0.3 is 0 Å². The minimum atomic E-state index is -2.35. The van der Waals surface area contributed by atoms with Crippen molar-refractivity contribution in [1.29, 1.82) is 0 Å². The van der Waals surface area contributed by atoms with Gasteiger partial charge in [-0.3, -0.25) is 9.78 Å². The van der Waals surface area contributed by atoms with Crippen LogP contribution in [-0.4, -0.2) is 15.9 Å². The molecule has 0 aliphatic heterocycles. The molecule has 5 aromatic rings. The molecular weight excluding hydrogens is 835 g/mol. The number of thiophene rings is 1. The van der Waals surface area contributed by atoms with Crippen molar-refractivity contribution in [2.45, 2.75) is 138 Å². The van der Waals surface area contributed by atoms with Gasteiger partial charge in [0, 0.05) is 71.5 Å². The molecule has 0 amide bonds. The Balaban J connectivity index is 0.000000425. The van der Waals surface area contributed by atoms with E-state index < -0.39 is 12.3 Å². The maximum absolute atomic E-state index is 11.7. The number of hydrogen-bond donors (Lipinski definition) is 1. The summed E-state index contributed by atoms with van der Waals surface area (Å²) < 4.78 is 70.8. The van der Waals surface area contributed by atoms with Gasteiger partial charge in [0.05, 0.1) is 9.87 Å². The second kappa shape index (κ2) is 16.3. The molecule has 6 rings (SSSR count). The number of allylic oxidation sites excluding steroid dienone is 2. The summed E-state index contributed by atoms with van der Waals surface area (Å²) in [6.45, 7) is 20.3. The molecule has 0 unspecified atom stereocenters. The van der Waals surface area contributed by atoms with Gasteiger partial charge in [-0.25, -0.2) is 0 Å². The van der Waals surface area contributed by atoms with Gasteiger partial charge in [-0.1, -0.05) is 111 Å². The number of aryl methyl sites for hydroxylation is 1. The predicted octanol–water partition coefficient (Wildman–Crippen LogP) is 13.9. The first-order valence-electron chi connectivity index (χ1n) is 22.6. The molecule has 3 aromatic carbocycles. The summed E-state index contributed by atoms with van der Waals surface area (Å²) >= 11 is 1.50. The van der Waals surface area contributed by atoms with Crippen molar-refractivity contribution < 1.29 is 41.0 Å². The van der Waals surface area contributed by atoms with Crippen LogP contribution in [0.5, 0.6) is 0 Å². The van der Waals surface area contributed by atoms with E-state index >= 15 is 0 Å². The topological polar surface area (TPSA) is 50.2 Å². The van der Waals surface area contributed by atoms with E-state index in [4.69, 9.17) is 14.6 Å². The largest absolute Gasteiger partial charge is 0.512 e. The standard InChI is InChI=1S/C34H36NS.C13H24O2.Ir/c1-20-17-26-28(34(7,8)15-14-33(26,5)6)31-27(20)24-13-16-35-29(30(24)36-31)22-18-21-11-9-10-12-23(21)25(19-22)32(2,3)4;1-5-10(6-2)12(14)9-13(15)11(7-3)8-4;/h9-13,16-17,19H,14-15H2,1-8H3;9-11,14H,5-8H2,1-4H3;/q-1;;/b;12-9-;/i1D3,9D,10D,11D,12D,19D;;. The molecule has 0 saturated carbocycles. The molecule has 281 valence electrons. The number of hydrogen-bond acceptors (Lipinski definition) is 4. The van der Waals surface area contributed by atoms with Gasteiger partial charge in [0.15, 0.2) is 5.78 Å². The third-order valence-corrected chi connectivity index (χ3v) is 12.2. The predicted molar refractivity (Wildman–Crippen MR) is 221 cm³/mol. The number of nitrogens with zero attached hydrogens (tertiary/aromatic N) is 1. The number of pyridine rings is 1. The van der Waals surface area contributed by atoms with Crippen LogP contribution in [0.4, 0.5) is 0 Å². The molecule has 0 atom stereocenters. The molecule has 0 saturated heterocycles. The molecule has 0 spiro atoms. The smallest absolute Gasteiger partial charge is 0.162 e. The van der Waals surface area contributed by atoms with Crippen LogP contribution in [0, 0.1) is 24.8 Å². The van der Waals surface area contributed by atoms with Crippen LogP contribution >= 0.6 is 11.3 Å². The first kappa shape index (κ1) is 31.5. The van der Waals surface area contributed by atoms with Crippen molar-refractivity contribution in [3.8, 4) is 11.3 Å². The summed E-state index contributed by atoms with van der Waals surface area (Å²) in [6.07, 6.45) is 8.46. The Morgan fingerprint density at radius 2 is 1.63 bits per heavy atom. The van der Waals surface area contributed by atoms with Crippen LogP contribution < -0.4 is 0 Å². The van der Waals surface area contributed by atoms with E-state index in [2.05, 4.69) is 33.8 Å². The second-order valence-electron chi connectivity index (χ2n) is 16.5. The average molecular weight is 903 g/mol. The second-order valence-corrected chi connectivity index (χ2v) is 17.5. The third-order valence-electron chi connectivity index (χ3n) is 10.9. The quantitative estimate of drug-likeness (QED) is 0.0959. The van der Waals surface area contributed by atoms with Gasteiger partial charge < -0.3 is 5.11 Å². The van der Waals surface area contributed by atoms with Crippen molar-refractivity contribution in [1.82, 2.24) is 4.98 Å². The Morgan fingerprint density at radius 1 is 1.00 bits per heavy atom. The van der Waals surface area contributed by atoms with Crippen molar-refractivity contribution in [3.63, 3.8) is 0 Å². The minimum Gasteiger partial charge on any atom is -0.512 e. The molecule has 1 aliphatic carbocycles. The van der Waals surface area contributed by atoms with E-state index in [0.717, 1.165) is 58.9 Å². The number of aliphatic hydroxyl groups excluding tert-OH is 1. The normalized spacial score (nSPS) is 17.9. The molecule has 2 aromatic heterocycles. The molecule has 1 N–H and O–H groups in total. The third kappa shape index (κ3) is 8.13. The van der Waals surface area contributed by atoms with E-state index in [-0.39, 0.29) is 89.9 Å². The summed E-state index contributed by atoms with van der Waals surface area (Å²) in [5.41, 5.74) is 2.86. The molecule has 3 nitrogen and oxygen atoms in total. The van der Waals surface area contributed by atoms with E-state index in [1.807, 2.05) is 60.6 Å². The van der Waals surface area contributed by atoms with Gasteiger partial charge in [0.25, 0.3) is 0 Å². The number of benzene rings is 3. The maximum atomic E-state index is 11.7. The Hall–Kier alpha value is -2.85. The van der Waals surface area contributed by atoms with Crippen molar-refractivity contribution in [2.75, 3.05) is 0 Å². The summed E-state index contributed by atoms with van der Waals surface area (Å²) in [7, 11) is 0. The van der Waals surface area contributed by atoms with Gasteiger partial charge in [0.2, 0.25) is 0 Å². The van der Waals surface area contributed by atoms with Crippen LogP contribution in [0.15, 0.2) is 60.4 Å². The zero-order chi connectivity index (χ0) is 44.3. The molecule has 5 heteroatoms. The fourth-order valence-corrected chi connectivity index (χ4v) is 9.09. The summed E-state index contributed by atoms with van der Waals surface area (Å²) in [6, 6.07) is 5.98. The Kier molecular flexibility index (Phi) is 9.84. The van der Waals surface area contributed by atoms with Crippen molar-refractivity contribution in [2.24, 2.45) is 11.8 Å². The van der Waals surface area contributed by atoms with Crippen molar-refractivity contribution >= 4 is 48.1 Å². The maximum Gasteiger partial charge on any atom is 0.162 e. The van der Waals surface area contributed by atoms with Gasteiger partial charge in [-0.15, -0.1) is 40.4 Å². The van der Waals surface area contributed by atoms with Crippen molar-refractivity contribution in [3.05, 3.63) is 88.7 Å². The first-order chi connectivity index (χ1) is 27.3. The van der Waals surface area contributed by atoms with Crippen LogP contribution in [0.2, 0.25) is 0 Å². The fourth-order valence-electron chi connectivity index (χ4n) is 7.54. The number of ketones is 1. The van der Waals surface area contributed by atoms with E-state index in [1.165, 1.54) is 23.0 Å². The monoisotopic (exact) mass is 903 g/mol. The number of fused-ring (bicyclic) bond motifs is 6. The van der Waals surface area contributed by atoms with E-state index in [1.54, 1.807) is 6.20 Å². The average Bonchev–Trinajstić information content (AvgIpc) is 3.54. The van der Waals surface area contributed by atoms with Crippen LogP contribution in [0.25, 0.3) is 42.2 Å². The number of rotatable bonds is 8. The number of aliphatic hydroxyl groups is 1. The Bertz CT molecular complexity index is 2470. The van der Waals surface area contributed by atoms with Crippen LogP contribution in [-0.2, 0) is 41.1 Å². The Labute approximate surface area is 342 Å². The van der Waals surface area contributed by atoms with E-state index in [0.29, 0.717) is 33.2 Å². The fraction of sp³-hybridized carbons (Fsp3) is 0.489. The minimum absolute atomic E-state index is 0. The molecule has 0 fully saturated rings. The van der Waals surface area contributed by atoms with Crippen LogP contribution in [0.3, 0.4) is 0 Å². The number of aromatic nitrogens is 1. The number of carbonyl (C=O) groups excluding carboxylic acids is 1. The summed E-state index contributed by atoms with van der Waals surface area (Å²) in [5, 5.41) is 11.7. The Morgan fingerprint density at radius 3 is 2.25 bits per heavy atom. The zero-order valence-electron chi connectivity index (χ0n) is 40.8. The van der Waals surface area contributed by atoms with E-state index in [9.17, 15) is 11.3 Å². The first-order valence-corrected chi connectivity index (χ1v) is 19.4. The number of carbonyl (C=O) groups is 1.